The molecule has 0 aliphatic rings. The van der Waals surface area contributed by atoms with Crippen molar-refractivity contribution < 1.29 is 13.0 Å². The summed E-state index contributed by atoms with van der Waals surface area (Å²) in [6.07, 6.45) is 0. The number of aryl methyl sites for hydroxylation is 1. The summed E-state index contributed by atoms with van der Waals surface area (Å²) in [4.78, 5) is 0.403. The third kappa shape index (κ3) is 3.25. The van der Waals surface area contributed by atoms with E-state index in [-0.39, 0.29) is 4.90 Å². The summed E-state index contributed by atoms with van der Waals surface area (Å²) in [5.41, 5.74) is 1.02. The fourth-order valence-corrected chi connectivity index (χ4v) is 2.75. The molecule has 1 N–H and O–H groups in total. The first-order valence-corrected chi connectivity index (χ1v) is 7.47. The van der Waals surface area contributed by atoms with Crippen LogP contribution in [0.25, 0.3) is 10.8 Å². The molecule has 0 bridgehead atoms. The van der Waals surface area contributed by atoms with Gasteiger partial charge in [0.15, 0.2) is 0 Å². The molecule has 0 aromatic heterocycles. The van der Waals surface area contributed by atoms with Crippen LogP contribution in [0.3, 0.4) is 0 Å². The lowest BCUT2D eigenvalue weighted by atomic mass is 10.1. The van der Waals surface area contributed by atoms with Gasteiger partial charge >= 0.3 is 0 Å². The van der Waals surface area contributed by atoms with Gasteiger partial charge in [-0.2, -0.15) is 8.42 Å². The number of fused-ring (bicyclic) bond motifs is 1. The molecule has 3 nitrogen and oxygen atoms in total. The van der Waals surface area contributed by atoms with E-state index in [1.165, 1.54) is 6.07 Å². The first-order valence-electron chi connectivity index (χ1n) is 5.59. The topological polar surface area (TPSA) is 54.4 Å². The van der Waals surface area contributed by atoms with Gasteiger partial charge < -0.3 is 0 Å². The van der Waals surface area contributed by atoms with Gasteiger partial charge in [0, 0.05) is 10.3 Å². The maximum absolute atomic E-state index is 11.2. The molecule has 0 saturated heterocycles. The van der Waals surface area contributed by atoms with Crippen molar-refractivity contribution in [3.63, 3.8) is 0 Å². The molecular weight excluding hydrogens is 268 g/mol. The SMILES string of the molecule is CC.Cc1ccc2c(S(=O)(=O)O)cc(S)cc2c1. The van der Waals surface area contributed by atoms with Crippen molar-refractivity contribution in [3.05, 3.63) is 35.9 Å². The minimum Gasteiger partial charge on any atom is -0.282 e. The first-order chi connectivity index (χ1) is 8.38. The van der Waals surface area contributed by atoms with Gasteiger partial charge in [0.05, 0.1) is 0 Å². The molecular formula is C13H16O3S2. The van der Waals surface area contributed by atoms with Crippen LogP contribution < -0.4 is 0 Å². The molecule has 0 unspecified atom stereocenters. The summed E-state index contributed by atoms with van der Waals surface area (Å²) in [5.74, 6) is 0. The maximum Gasteiger partial charge on any atom is 0.295 e. The average Bonchev–Trinajstić information content (AvgIpc) is 2.28. The van der Waals surface area contributed by atoms with Gasteiger partial charge in [-0.25, -0.2) is 0 Å². The van der Waals surface area contributed by atoms with E-state index < -0.39 is 10.1 Å². The molecule has 2 rings (SSSR count). The van der Waals surface area contributed by atoms with E-state index in [2.05, 4.69) is 12.6 Å². The summed E-state index contributed by atoms with van der Waals surface area (Å²) < 4.78 is 31.5. The van der Waals surface area contributed by atoms with Crippen LogP contribution in [0, 0.1) is 6.92 Å². The second kappa shape index (κ2) is 5.73. The van der Waals surface area contributed by atoms with E-state index in [9.17, 15) is 8.42 Å². The van der Waals surface area contributed by atoms with Gasteiger partial charge in [-0.05, 0) is 24.4 Å². The van der Waals surface area contributed by atoms with Crippen molar-refractivity contribution in [2.75, 3.05) is 0 Å². The van der Waals surface area contributed by atoms with E-state index >= 15 is 0 Å². The number of benzene rings is 2. The number of rotatable bonds is 1. The number of hydrogen-bond acceptors (Lipinski definition) is 3. The van der Waals surface area contributed by atoms with Crippen LogP contribution in [-0.2, 0) is 10.1 Å². The highest BCUT2D eigenvalue weighted by atomic mass is 32.2. The highest BCUT2D eigenvalue weighted by Gasteiger charge is 2.14. The molecule has 0 aliphatic heterocycles. The standard InChI is InChI=1S/C11H10O3S2.C2H6/c1-7-2-3-10-8(4-7)5-9(15)6-11(10)16(12,13)14;1-2/h2-6,15H,1H3,(H,12,13,14);1-2H3. The van der Waals surface area contributed by atoms with Gasteiger partial charge in [0.2, 0.25) is 0 Å². The van der Waals surface area contributed by atoms with Crippen molar-refractivity contribution in [2.24, 2.45) is 0 Å². The van der Waals surface area contributed by atoms with Crippen molar-refractivity contribution in [2.45, 2.75) is 30.6 Å². The molecule has 2 aromatic rings. The average molecular weight is 284 g/mol. The van der Waals surface area contributed by atoms with Crippen molar-refractivity contribution in [3.8, 4) is 0 Å². The maximum atomic E-state index is 11.2. The molecule has 0 spiro atoms. The molecule has 0 aliphatic carbocycles. The Morgan fingerprint density at radius 1 is 1.11 bits per heavy atom. The zero-order valence-corrected chi connectivity index (χ0v) is 12.2. The second-order valence-electron chi connectivity index (χ2n) is 3.64. The summed E-state index contributed by atoms with van der Waals surface area (Å²) in [6, 6.07) is 8.44. The summed E-state index contributed by atoms with van der Waals surface area (Å²) in [7, 11) is -4.21. The van der Waals surface area contributed by atoms with E-state index in [0.717, 1.165) is 10.9 Å². The fourth-order valence-electron chi connectivity index (χ4n) is 1.65. The molecule has 0 saturated carbocycles. The predicted molar refractivity (Wildman–Crippen MR) is 77.1 cm³/mol. The highest BCUT2D eigenvalue weighted by molar-refractivity contribution is 7.86. The Morgan fingerprint density at radius 2 is 1.72 bits per heavy atom. The summed E-state index contributed by atoms with van der Waals surface area (Å²) in [5, 5.41) is 1.26. The van der Waals surface area contributed by atoms with Gasteiger partial charge in [-0.1, -0.05) is 37.6 Å². The predicted octanol–water partition coefficient (Wildman–Crippen LogP) is 3.71. The van der Waals surface area contributed by atoms with Gasteiger partial charge in [-0.15, -0.1) is 12.6 Å². The quantitative estimate of drug-likeness (QED) is 0.620. The second-order valence-corrected chi connectivity index (χ2v) is 5.55. The third-order valence-corrected chi connectivity index (χ3v) is 3.48. The van der Waals surface area contributed by atoms with Crippen molar-refractivity contribution in [1.29, 1.82) is 0 Å². The van der Waals surface area contributed by atoms with Gasteiger partial charge in [-0.3, -0.25) is 4.55 Å². The lowest BCUT2D eigenvalue weighted by Crippen LogP contribution is -1.99. The molecule has 0 heterocycles. The monoisotopic (exact) mass is 284 g/mol. The summed E-state index contributed by atoms with van der Waals surface area (Å²) >= 11 is 4.12. The van der Waals surface area contributed by atoms with Crippen molar-refractivity contribution >= 4 is 33.5 Å². The van der Waals surface area contributed by atoms with Crippen LogP contribution in [0.4, 0.5) is 0 Å². The van der Waals surface area contributed by atoms with Crippen LogP contribution in [-0.4, -0.2) is 13.0 Å². The molecule has 0 amide bonds. The normalized spacial score (nSPS) is 10.9. The Kier molecular flexibility index (Phi) is 4.78. The smallest absolute Gasteiger partial charge is 0.282 e. The van der Waals surface area contributed by atoms with Crippen LogP contribution in [0.1, 0.15) is 19.4 Å². The van der Waals surface area contributed by atoms with Crippen LogP contribution in [0.15, 0.2) is 40.1 Å². The minimum absolute atomic E-state index is 0.102. The largest absolute Gasteiger partial charge is 0.295 e. The molecule has 0 atom stereocenters. The third-order valence-electron chi connectivity index (χ3n) is 2.33. The first kappa shape index (κ1) is 15.0. The zero-order chi connectivity index (χ0) is 13.9. The molecule has 18 heavy (non-hydrogen) atoms. The molecule has 2 aromatic carbocycles. The number of hydrogen-bond donors (Lipinski definition) is 2. The Bertz CT molecular complexity index is 656. The molecule has 5 heteroatoms. The van der Waals surface area contributed by atoms with Gasteiger partial charge in [0.1, 0.15) is 4.90 Å². The molecule has 0 radical (unpaired) electrons. The van der Waals surface area contributed by atoms with Crippen LogP contribution >= 0.6 is 12.6 Å². The lowest BCUT2D eigenvalue weighted by molar-refractivity contribution is 0.484. The van der Waals surface area contributed by atoms with Crippen molar-refractivity contribution in [1.82, 2.24) is 0 Å². The Labute approximate surface area is 113 Å². The van der Waals surface area contributed by atoms with E-state index in [0.29, 0.717) is 10.3 Å². The zero-order valence-electron chi connectivity index (χ0n) is 10.5. The minimum atomic E-state index is -4.21. The van der Waals surface area contributed by atoms with Crippen LogP contribution in [0.2, 0.25) is 0 Å². The Morgan fingerprint density at radius 3 is 2.28 bits per heavy atom. The molecule has 98 valence electrons. The van der Waals surface area contributed by atoms with E-state index in [4.69, 9.17) is 4.55 Å². The van der Waals surface area contributed by atoms with Gasteiger partial charge in [0.25, 0.3) is 10.1 Å². The highest BCUT2D eigenvalue weighted by Crippen LogP contribution is 2.27. The lowest BCUT2D eigenvalue weighted by Gasteiger charge is -2.06. The fraction of sp³-hybridized carbons (Fsp3) is 0.231. The van der Waals surface area contributed by atoms with E-state index in [1.54, 1.807) is 18.2 Å². The van der Waals surface area contributed by atoms with Crippen LogP contribution in [0.5, 0.6) is 0 Å². The molecule has 0 fully saturated rings. The Hall–Kier alpha value is -1.04. The Balaban J connectivity index is 0.000000771. The summed E-state index contributed by atoms with van der Waals surface area (Å²) in [6.45, 7) is 5.91. The number of thiol groups is 1. The van der Waals surface area contributed by atoms with E-state index in [1.807, 2.05) is 26.8 Å².